The van der Waals surface area contributed by atoms with Gasteiger partial charge in [-0.1, -0.05) is 15.9 Å². The third-order valence-electron chi connectivity index (χ3n) is 2.28. The van der Waals surface area contributed by atoms with Crippen LogP contribution in [0.3, 0.4) is 0 Å². The molecule has 14 heavy (non-hydrogen) atoms. The standard InChI is InChI=1S/C12H6BrO/c13-8-5-6-10-9-3-1-2-4-11(9)14-12(10)7-8/h1,3-7H/q+1. The normalized spacial score (nSPS) is 12.9. The van der Waals surface area contributed by atoms with E-state index in [2.05, 4.69) is 28.1 Å². The van der Waals surface area contributed by atoms with Crippen molar-refractivity contribution in [1.82, 2.24) is 0 Å². The van der Waals surface area contributed by atoms with E-state index in [1.165, 1.54) is 0 Å². The van der Waals surface area contributed by atoms with Crippen LogP contribution in [0.15, 0.2) is 33.2 Å². The molecular formula is C12H6BrO+. The van der Waals surface area contributed by atoms with Gasteiger partial charge in [0.2, 0.25) is 5.76 Å². The van der Waals surface area contributed by atoms with Gasteiger partial charge in [0, 0.05) is 10.5 Å². The van der Waals surface area contributed by atoms with Crippen LogP contribution in [0.2, 0.25) is 0 Å². The summed E-state index contributed by atoms with van der Waals surface area (Å²) in [4.78, 5) is 0. The average Bonchev–Trinajstić information content (AvgIpc) is 2.54. The van der Waals surface area contributed by atoms with Crippen LogP contribution in [0.5, 0.6) is 0 Å². The lowest BCUT2D eigenvalue weighted by atomic mass is 10.1. The first-order valence-corrected chi connectivity index (χ1v) is 5.12. The zero-order valence-electron chi connectivity index (χ0n) is 7.25. The van der Waals surface area contributed by atoms with E-state index in [0.717, 1.165) is 26.8 Å². The maximum atomic E-state index is 5.67. The molecule has 1 aromatic carbocycles. The molecule has 0 saturated heterocycles. The highest BCUT2D eigenvalue weighted by Gasteiger charge is 2.18. The SMILES string of the molecule is Brc1ccc2c3c(oc2c1)C=[C+]C=C3. The van der Waals surface area contributed by atoms with Gasteiger partial charge in [-0.15, -0.1) is 0 Å². The quantitative estimate of drug-likeness (QED) is 0.639. The molecule has 1 aliphatic carbocycles. The Morgan fingerprint density at radius 3 is 3.14 bits per heavy atom. The summed E-state index contributed by atoms with van der Waals surface area (Å²) in [5, 5.41) is 1.15. The Kier molecular flexibility index (Phi) is 1.60. The molecule has 0 saturated carbocycles. The Labute approximate surface area is 89.8 Å². The lowest BCUT2D eigenvalue weighted by Crippen LogP contribution is -1.76. The van der Waals surface area contributed by atoms with E-state index >= 15 is 0 Å². The molecule has 1 heterocycles. The molecule has 1 aromatic heterocycles. The van der Waals surface area contributed by atoms with Crippen LogP contribution in [0.25, 0.3) is 23.1 Å². The number of hydrogen-bond donors (Lipinski definition) is 0. The molecule has 0 amide bonds. The van der Waals surface area contributed by atoms with E-state index in [1.807, 2.05) is 30.4 Å². The first kappa shape index (κ1) is 7.98. The highest BCUT2D eigenvalue weighted by Crippen LogP contribution is 2.31. The van der Waals surface area contributed by atoms with Gasteiger partial charge in [0.05, 0.1) is 11.5 Å². The summed E-state index contributed by atoms with van der Waals surface area (Å²) in [5.74, 6) is 0.889. The Balaban J connectivity index is 2.44. The van der Waals surface area contributed by atoms with Crippen molar-refractivity contribution in [3.8, 4) is 0 Å². The fourth-order valence-corrected chi connectivity index (χ4v) is 1.98. The van der Waals surface area contributed by atoms with Crippen molar-refractivity contribution in [2.75, 3.05) is 0 Å². The number of halogens is 1. The number of furan rings is 1. The van der Waals surface area contributed by atoms with Gasteiger partial charge in [0.25, 0.3) is 0 Å². The van der Waals surface area contributed by atoms with Gasteiger partial charge in [-0.05, 0) is 18.2 Å². The van der Waals surface area contributed by atoms with Gasteiger partial charge < -0.3 is 4.42 Å². The van der Waals surface area contributed by atoms with Crippen LogP contribution in [0, 0.1) is 6.08 Å². The van der Waals surface area contributed by atoms with Crippen molar-refractivity contribution >= 4 is 39.1 Å². The van der Waals surface area contributed by atoms with Gasteiger partial charge >= 0.3 is 0 Å². The van der Waals surface area contributed by atoms with Crippen LogP contribution >= 0.6 is 15.9 Å². The van der Waals surface area contributed by atoms with Crippen LogP contribution in [0.1, 0.15) is 11.3 Å². The molecule has 2 heteroatoms. The maximum Gasteiger partial charge on any atom is 0.250 e. The monoisotopic (exact) mass is 245 g/mol. The van der Waals surface area contributed by atoms with Gasteiger partial charge in [-0.25, -0.2) is 0 Å². The van der Waals surface area contributed by atoms with Gasteiger partial charge in [-0.3, -0.25) is 0 Å². The average molecular weight is 246 g/mol. The van der Waals surface area contributed by atoms with Crippen molar-refractivity contribution in [3.63, 3.8) is 0 Å². The third-order valence-corrected chi connectivity index (χ3v) is 2.77. The second-order valence-electron chi connectivity index (χ2n) is 3.16. The Hall–Kier alpha value is -1.37. The van der Waals surface area contributed by atoms with E-state index in [0.29, 0.717) is 0 Å². The van der Waals surface area contributed by atoms with Gasteiger partial charge in [0.15, 0.2) is 5.58 Å². The van der Waals surface area contributed by atoms with Crippen molar-refractivity contribution in [3.05, 3.63) is 46.1 Å². The van der Waals surface area contributed by atoms with Crippen LogP contribution in [-0.2, 0) is 0 Å². The van der Waals surface area contributed by atoms with E-state index in [4.69, 9.17) is 4.42 Å². The zero-order chi connectivity index (χ0) is 9.54. The number of hydrogen-bond acceptors (Lipinski definition) is 1. The topological polar surface area (TPSA) is 13.1 Å². The lowest BCUT2D eigenvalue weighted by Gasteiger charge is -1.88. The minimum Gasteiger partial charge on any atom is -0.396 e. The number of fused-ring (bicyclic) bond motifs is 3. The van der Waals surface area contributed by atoms with E-state index in [9.17, 15) is 0 Å². The number of rotatable bonds is 0. The molecule has 0 aliphatic heterocycles. The Bertz CT molecular complexity index is 561. The number of benzene rings is 1. The highest BCUT2D eigenvalue weighted by atomic mass is 79.9. The molecule has 0 N–H and O–H groups in total. The molecule has 0 spiro atoms. The predicted octanol–water partition coefficient (Wildman–Crippen LogP) is 4.04. The predicted molar refractivity (Wildman–Crippen MR) is 60.7 cm³/mol. The van der Waals surface area contributed by atoms with Crippen molar-refractivity contribution in [2.24, 2.45) is 0 Å². The van der Waals surface area contributed by atoms with Crippen LogP contribution < -0.4 is 0 Å². The summed E-state index contributed by atoms with van der Waals surface area (Å²) in [6.07, 6.45) is 8.79. The fraction of sp³-hybridized carbons (Fsp3) is 0. The molecule has 1 nitrogen and oxygen atoms in total. The molecule has 0 unspecified atom stereocenters. The summed E-state index contributed by atoms with van der Waals surface area (Å²) in [7, 11) is 0. The molecule has 1 aliphatic rings. The molecule has 66 valence electrons. The second kappa shape index (κ2) is 2.81. The molecular weight excluding hydrogens is 240 g/mol. The van der Waals surface area contributed by atoms with Gasteiger partial charge in [0.1, 0.15) is 17.7 Å². The Morgan fingerprint density at radius 2 is 2.21 bits per heavy atom. The molecule has 0 atom stereocenters. The lowest BCUT2D eigenvalue weighted by molar-refractivity contribution is 0.602. The first-order valence-electron chi connectivity index (χ1n) is 4.32. The van der Waals surface area contributed by atoms with E-state index in [-0.39, 0.29) is 0 Å². The maximum absolute atomic E-state index is 5.67. The van der Waals surface area contributed by atoms with E-state index in [1.54, 1.807) is 0 Å². The zero-order valence-corrected chi connectivity index (χ0v) is 8.84. The molecule has 3 rings (SSSR count). The van der Waals surface area contributed by atoms with Crippen molar-refractivity contribution in [2.45, 2.75) is 0 Å². The van der Waals surface area contributed by atoms with Crippen molar-refractivity contribution < 1.29 is 4.42 Å². The first-order chi connectivity index (χ1) is 6.84. The molecule has 0 radical (unpaired) electrons. The van der Waals surface area contributed by atoms with Crippen LogP contribution in [0.4, 0.5) is 0 Å². The largest absolute Gasteiger partial charge is 0.396 e. The summed E-state index contributed by atoms with van der Waals surface area (Å²) >= 11 is 3.42. The second-order valence-corrected chi connectivity index (χ2v) is 4.08. The summed E-state index contributed by atoms with van der Waals surface area (Å²) in [6.45, 7) is 0. The third kappa shape index (κ3) is 1.05. The van der Waals surface area contributed by atoms with Gasteiger partial charge in [-0.2, -0.15) is 0 Å². The van der Waals surface area contributed by atoms with Crippen molar-refractivity contribution in [1.29, 1.82) is 0 Å². The van der Waals surface area contributed by atoms with Crippen LogP contribution in [-0.4, -0.2) is 0 Å². The smallest absolute Gasteiger partial charge is 0.250 e. The summed E-state index contributed by atoms with van der Waals surface area (Å²) in [6, 6.07) is 6.06. The number of allylic oxidation sites excluding steroid dienone is 2. The highest BCUT2D eigenvalue weighted by molar-refractivity contribution is 9.10. The molecule has 0 bridgehead atoms. The molecule has 0 fully saturated rings. The summed E-state index contributed by atoms with van der Waals surface area (Å²) < 4.78 is 6.71. The molecule has 2 aromatic rings. The summed E-state index contributed by atoms with van der Waals surface area (Å²) in [5.41, 5.74) is 2.06. The minimum atomic E-state index is 0.889. The minimum absolute atomic E-state index is 0.889. The van der Waals surface area contributed by atoms with E-state index < -0.39 is 0 Å². The Morgan fingerprint density at radius 1 is 1.29 bits per heavy atom. The fourth-order valence-electron chi connectivity index (χ4n) is 1.64.